The zero-order valence-corrected chi connectivity index (χ0v) is 28.6. The summed E-state index contributed by atoms with van der Waals surface area (Å²) in [5, 5.41) is 21.3. The lowest BCUT2D eigenvalue weighted by atomic mass is 9.89. The Balaban J connectivity index is 1.15. The maximum absolute atomic E-state index is 12.2. The lowest BCUT2D eigenvalue weighted by Gasteiger charge is -2.43. The molecule has 0 saturated carbocycles. The Labute approximate surface area is 290 Å². The minimum absolute atomic E-state index is 0.00357. The number of aliphatic carboxylic acids is 1. The van der Waals surface area contributed by atoms with E-state index in [1.807, 2.05) is 24.3 Å². The van der Waals surface area contributed by atoms with E-state index in [2.05, 4.69) is 70.6 Å². The number of hydrogen-bond donors (Lipinski definition) is 3. The van der Waals surface area contributed by atoms with Crippen LogP contribution in [-0.2, 0) is 32.2 Å². The van der Waals surface area contributed by atoms with Crippen LogP contribution in [0.15, 0.2) is 72.8 Å². The standard InChI is InChI=1S/C40H51N3O6/c1-28-36(26-43-22-6-9-35(43)25-42-20-2-3-21-42)48-40(49-39(28)32-14-12-29(27-44)13-15-32)33-18-16-31(17-19-33)34-8-4-7-30(23-34)24-41-37(45)10-5-11-38(46)47/h4,7-8,12-19,23,28,35-36,39-40,44H,2-3,5-6,9-11,20-22,24-27H2,1H3,(H,41,45)(H,46,47)/t28-,35-,36+,39+,40+/m0/s1. The normalized spacial score (nSPS) is 24.7. The maximum atomic E-state index is 12.2. The van der Waals surface area contributed by atoms with Gasteiger partial charge in [0.25, 0.3) is 0 Å². The minimum Gasteiger partial charge on any atom is -0.481 e. The SMILES string of the molecule is C[C@H]1[C@@H](CN2CCC[C@H]2CN2CCCC2)O[C@@H](c2ccc(-c3cccc(CNC(=O)CCCC(=O)O)c3)cc2)O[C@H]1c1ccc(CO)cc1. The van der Waals surface area contributed by atoms with Crippen LogP contribution < -0.4 is 5.32 Å². The quantitative estimate of drug-likeness (QED) is 0.190. The summed E-state index contributed by atoms with van der Waals surface area (Å²) >= 11 is 0. The van der Waals surface area contributed by atoms with Crippen molar-refractivity contribution in [1.82, 2.24) is 15.1 Å². The van der Waals surface area contributed by atoms with E-state index in [9.17, 15) is 14.7 Å². The van der Waals surface area contributed by atoms with Crippen LogP contribution in [0.2, 0.25) is 0 Å². The number of carbonyl (C=O) groups is 2. The first-order chi connectivity index (χ1) is 23.9. The molecule has 3 aromatic carbocycles. The van der Waals surface area contributed by atoms with E-state index in [4.69, 9.17) is 14.6 Å². The zero-order valence-electron chi connectivity index (χ0n) is 28.6. The van der Waals surface area contributed by atoms with Crippen molar-refractivity contribution >= 4 is 11.9 Å². The summed E-state index contributed by atoms with van der Waals surface area (Å²) < 4.78 is 13.6. The summed E-state index contributed by atoms with van der Waals surface area (Å²) in [4.78, 5) is 28.2. The lowest BCUT2D eigenvalue weighted by Crippen LogP contribution is -2.48. The van der Waals surface area contributed by atoms with Crippen LogP contribution in [0, 0.1) is 5.92 Å². The van der Waals surface area contributed by atoms with E-state index in [1.54, 1.807) is 0 Å². The van der Waals surface area contributed by atoms with Crippen molar-refractivity contribution in [2.24, 2.45) is 5.92 Å². The molecule has 262 valence electrons. The van der Waals surface area contributed by atoms with Gasteiger partial charge in [0.2, 0.25) is 5.91 Å². The van der Waals surface area contributed by atoms with Gasteiger partial charge in [-0.15, -0.1) is 0 Å². The Morgan fingerprint density at radius 2 is 1.59 bits per heavy atom. The average Bonchev–Trinajstić information content (AvgIpc) is 3.81. The van der Waals surface area contributed by atoms with Crippen molar-refractivity contribution in [3.8, 4) is 11.1 Å². The van der Waals surface area contributed by atoms with Gasteiger partial charge in [-0.3, -0.25) is 14.5 Å². The molecule has 3 N–H and O–H groups in total. The van der Waals surface area contributed by atoms with Gasteiger partial charge in [0, 0.05) is 50.0 Å². The predicted molar refractivity (Wildman–Crippen MR) is 188 cm³/mol. The Kier molecular flexibility index (Phi) is 12.1. The number of amides is 1. The summed E-state index contributed by atoms with van der Waals surface area (Å²) in [5.41, 5.74) is 6.02. The largest absolute Gasteiger partial charge is 0.481 e. The summed E-state index contributed by atoms with van der Waals surface area (Å²) in [6.07, 6.45) is 4.95. The molecule has 9 nitrogen and oxygen atoms in total. The van der Waals surface area contributed by atoms with Crippen LogP contribution in [0.4, 0.5) is 0 Å². The number of carboxylic acid groups (broad SMARTS) is 1. The zero-order chi connectivity index (χ0) is 34.2. The van der Waals surface area contributed by atoms with Crippen molar-refractivity contribution in [3.63, 3.8) is 0 Å². The Morgan fingerprint density at radius 1 is 0.837 bits per heavy atom. The molecule has 49 heavy (non-hydrogen) atoms. The van der Waals surface area contributed by atoms with Gasteiger partial charge in [0.1, 0.15) is 0 Å². The van der Waals surface area contributed by atoms with Crippen molar-refractivity contribution < 1.29 is 29.3 Å². The first-order valence-electron chi connectivity index (χ1n) is 18.0. The highest BCUT2D eigenvalue weighted by Gasteiger charge is 2.40. The molecule has 0 spiro atoms. The molecule has 3 heterocycles. The fourth-order valence-electron chi connectivity index (χ4n) is 7.55. The van der Waals surface area contributed by atoms with Gasteiger partial charge in [-0.1, -0.05) is 73.7 Å². The van der Waals surface area contributed by atoms with Crippen molar-refractivity contribution in [3.05, 3.63) is 95.1 Å². The van der Waals surface area contributed by atoms with Gasteiger partial charge in [0.05, 0.1) is 18.8 Å². The van der Waals surface area contributed by atoms with Crippen molar-refractivity contribution in [2.75, 3.05) is 32.7 Å². The summed E-state index contributed by atoms with van der Waals surface area (Å²) in [6.45, 7) is 8.21. The van der Waals surface area contributed by atoms with Gasteiger partial charge < -0.3 is 29.9 Å². The lowest BCUT2D eigenvalue weighted by molar-refractivity contribution is -0.276. The Hall–Kier alpha value is -3.60. The molecule has 3 aromatic rings. The molecule has 3 aliphatic rings. The molecule has 0 aliphatic carbocycles. The fraction of sp³-hybridized carbons (Fsp3) is 0.500. The molecule has 0 aromatic heterocycles. The molecular weight excluding hydrogens is 618 g/mol. The molecule has 0 radical (unpaired) electrons. The number of carbonyl (C=O) groups excluding carboxylic acids is 1. The minimum atomic E-state index is -0.889. The van der Waals surface area contributed by atoms with Crippen LogP contribution >= 0.6 is 0 Å². The van der Waals surface area contributed by atoms with Crippen molar-refractivity contribution in [2.45, 2.75) is 89.6 Å². The highest BCUT2D eigenvalue weighted by atomic mass is 16.7. The molecule has 6 rings (SSSR count). The third-order valence-electron chi connectivity index (χ3n) is 10.4. The molecule has 0 bridgehead atoms. The van der Waals surface area contributed by atoms with Crippen LogP contribution in [0.3, 0.4) is 0 Å². The summed E-state index contributed by atoms with van der Waals surface area (Å²) in [7, 11) is 0. The van der Waals surface area contributed by atoms with Gasteiger partial charge in [-0.05, 0) is 85.6 Å². The number of aliphatic hydroxyl groups is 1. The number of carboxylic acids is 1. The molecule has 3 aliphatic heterocycles. The van der Waals surface area contributed by atoms with Gasteiger partial charge in [0.15, 0.2) is 6.29 Å². The first-order valence-corrected chi connectivity index (χ1v) is 18.0. The third-order valence-corrected chi connectivity index (χ3v) is 10.4. The highest BCUT2D eigenvalue weighted by molar-refractivity contribution is 5.76. The topological polar surface area (TPSA) is 112 Å². The Bertz CT molecular complexity index is 1520. The second kappa shape index (κ2) is 16.9. The second-order valence-electron chi connectivity index (χ2n) is 14.0. The summed E-state index contributed by atoms with van der Waals surface area (Å²) in [5.74, 6) is -0.895. The van der Waals surface area contributed by atoms with E-state index < -0.39 is 12.3 Å². The monoisotopic (exact) mass is 669 g/mol. The van der Waals surface area contributed by atoms with E-state index in [1.165, 1.54) is 38.8 Å². The molecule has 3 fully saturated rings. The molecule has 0 unspecified atom stereocenters. The Morgan fingerprint density at radius 3 is 2.33 bits per heavy atom. The van der Waals surface area contributed by atoms with Crippen LogP contribution in [0.1, 0.15) is 86.5 Å². The molecular formula is C40H51N3O6. The first kappa shape index (κ1) is 35.2. The summed E-state index contributed by atoms with van der Waals surface area (Å²) in [6, 6.07) is 25.1. The maximum Gasteiger partial charge on any atom is 0.303 e. The number of nitrogens with zero attached hydrogens (tertiary/aromatic N) is 2. The average molecular weight is 670 g/mol. The van der Waals surface area contributed by atoms with Gasteiger partial charge in [-0.2, -0.15) is 0 Å². The second-order valence-corrected chi connectivity index (χ2v) is 14.0. The predicted octanol–water partition coefficient (Wildman–Crippen LogP) is 6.07. The number of ether oxygens (including phenoxy) is 2. The number of likely N-dealkylation sites (tertiary alicyclic amines) is 2. The number of hydrogen-bond acceptors (Lipinski definition) is 7. The molecule has 1 amide bonds. The van der Waals surface area contributed by atoms with Gasteiger partial charge in [-0.25, -0.2) is 0 Å². The van der Waals surface area contributed by atoms with E-state index in [0.717, 1.165) is 53.0 Å². The van der Waals surface area contributed by atoms with Crippen LogP contribution in [-0.4, -0.2) is 76.8 Å². The molecule has 9 heteroatoms. The number of rotatable bonds is 14. The number of benzene rings is 3. The number of nitrogens with one attached hydrogen (secondary N) is 1. The van der Waals surface area contributed by atoms with E-state index in [0.29, 0.717) is 19.0 Å². The van der Waals surface area contributed by atoms with Crippen molar-refractivity contribution in [1.29, 1.82) is 0 Å². The molecule has 3 saturated heterocycles. The fourth-order valence-corrected chi connectivity index (χ4v) is 7.55. The highest BCUT2D eigenvalue weighted by Crippen LogP contribution is 2.42. The number of aliphatic hydroxyl groups excluding tert-OH is 1. The van der Waals surface area contributed by atoms with Crippen LogP contribution in [0.25, 0.3) is 11.1 Å². The van der Waals surface area contributed by atoms with Gasteiger partial charge >= 0.3 is 5.97 Å². The van der Waals surface area contributed by atoms with Crippen LogP contribution in [0.5, 0.6) is 0 Å². The van der Waals surface area contributed by atoms with E-state index >= 15 is 0 Å². The smallest absolute Gasteiger partial charge is 0.303 e. The third kappa shape index (κ3) is 9.35. The molecule has 5 atom stereocenters. The van der Waals surface area contributed by atoms with E-state index in [-0.39, 0.29) is 43.5 Å².